The maximum Gasteiger partial charge on any atom is 0.214 e. The van der Waals surface area contributed by atoms with E-state index in [9.17, 15) is 0 Å². The minimum Gasteiger partial charge on any atom is -0.335 e. The van der Waals surface area contributed by atoms with Crippen LogP contribution in [0.1, 0.15) is 0 Å². The minimum absolute atomic E-state index is 0.133. The maximum absolute atomic E-state index is 8.42. The second-order valence-corrected chi connectivity index (χ2v) is 1.79. The number of nitrogens with one attached hydrogen (secondary N) is 3. The maximum atomic E-state index is 8.42. The molecule has 0 bridgehead atoms. The fourth-order valence-electron chi connectivity index (χ4n) is 0.695. The van der Waals surface area contributed by atoms with Crippen molar-refractivity contribution in [3.8, 4) is 12.1 Å². The summed E-state index contributed by atoms with van der Waals surface area (Å²) in [5.74, 6) is 0. The molecule has 0 atom stereocenters. The molecule has 0 saturated carbocycles. The number of rotatable bonds is 1. The Balaban J connectivity index is 2.83. The Hall–Kier alpha value is -2.08. The zero-order valence-electron chi connectivity index (χ0n) is 5.42. The van der Waals surface area contributed by atoms with Crippen LogP contribution in [-0.4, -0.2) is 6.29 Å². The third-order valence-corrected chi connectivity index (χ3v) is 1.16. The molecule has 0 aliphatic carbocycles. The number of allylic oxidation sites excluding steroid dienone is 2. The molecule has 0 amide bonds. The number of hydrogen-bond donors (Lipinski definition) is 3. The van der Waals surface area contributed by atoms with Gasteiger partial charge in [-0.1, -0.05) is 0 Å². The highest BCUT2D eigenvalue weighted by molar-refractivity contribution is 5.37. The van der Waals surface area contributed by atoms with E-state index in [0.717, 1.165) is 0 Å². The molecular weight excluding hydrogens is 144 g/mol. The molecule has 0 radical (unpaired) electrons. The van der Waals surface area contributed by atoms with E-state index in [1.807, 2.05) is 0 Å². The van der Waals surface area contributed by atoms with Gasteiger partial charge in [0.25, 0.3) is 0 Å². The molecule has 0 fully saturated rings. The summed E-state index contributed by atoms with van der Waals surface area (Å²) in [5.41, 5.74) is 6.85. The molecule has 1 rings (SSSR count). The molecule has 0 aromatic heterocycles. The van der Waals surface area contributed by atoms with Gasteiger partial charge in [-0.3, -0.25) is 0 Å². The normalized spacial score (nSPS) is 16.2. The molecule has 0 aromatic carbocycles. The Morgan fingerprint density at radius 1 is 1.27 bits per heavy atom. The van der Waals surface area contributed by atoms with Crippen LogP contribution >= 0.6 is 0 Å². The first-order valence-corrected chi connectivity index (χ1v) is 2.76. The first-order valence-electron chi connectivity index (χ1n) is 2.76. The van der Waals surface area contributed by atoms with Crippen molar-refractivity contribution in [2.75, 3.05) is 0 Å². The average molecular weight is 148 g/mol. The van der Waals surface area contributed by atoms with Gasteiger partial charge in [0.05, 0.1) is 0 Å². The molecule has 1 heterocycles. The van der Waals surface area contributed by atoms with Gasteiger partial charge in [-0.25, -0.2) is 5.53 Å². The SMILES string of the molecule is N#CC1=C(C#N)NC(N=N)N1. The Morgan fingerprint density at radius 2 is 1.73 bits per heavy atom. The van der Waals surface area contributed by atoms with Crippen LogP contribution in [0.5, 0.6) is 0 Å². The molecule has 54 valence electrons. The van der Waals surface area contributed by atoms with Crippen molar-refractivity contribution in [2.24, 2.45) is 5.11 Å². The van der Waals surface area contributed by atoms with Crippen LogP contribution in [0.15, 0.2) is 16.5 Å². The molecule has 0 aromatic rings. The first kappa shape index (κ1) is 7.03. The molecule has 0 saturated heterocycles. The van der Waals surface area contributed by atoms with Crippen molar-refractivity contribution < 1.29 is 0 Å². The summed E-state index contributed by atoms with van der Waals surface area (Å²) in [6.45, 7) is 0. The highest BCUT2D eigenvalue weighted by atomic mass is 15.3. The van der Waals surface area contributed by atoms with Crippen LogP contribution in [0.25, 0.3) is 0 Å². The fraction of sp³-hybridized carbons (Fsp3) is 0.200. The quantitative estimate of drug-likeness (QED) is 0.445. The summed E-state index contributed by atoms with van der Waals surface area (Å²) >= 11 is 0. The van der Waals surface area contributed by atoms with Gasteiger partial charge >= 0.3 is 0 Å². The standard InChI is InChI=1S/C5H4N6/c6-1-3-4(2-7)10-5(9-3)11-8/h5,8-10H. The van der Waals surface area contributed by atoms with Gasteiger partial charge in [0.2, 0.25) is 6.29 Å². The fourth-order valence-corrected chi connectivity index (χ4v) is 0.695. The summed E-state index contributed by atoms with van der Waals surface area (Å²) in [7, 11) is 0. The highest BCUT2D eigenvalue weighted by Crippen LogP contribution is 2.05. The lowest BCUT2D eigenvalue weighted by Crippen LogP contribution is -2.29. The molecule has 11 heavy (non-hydrogen) atoms. The van der Waals surface area contributed by atoms with Crippen LogP contribution in [0.4, 0.5) is 0 Å². The summed E-state index contributed by atoms with van der Waals surface area (Å²) in [4.78, 5) is 0. The van der Waals surface area contributed by atoms with Gasteiger partial charge in [0.1, 0.15) is 12.1 Å². The van der Waals surface area contributed by atoms with Crippen LogP contribution in [-0.2, 0) is 0 Å². The van der Waals surface area contributed by atoms with Gasteiger partial charge in [0.15, 0.2) is 11.4 Å². The molecule has 1 aliphatic heterocycles. The third-order valence-electron chi connectivity index (χ3n) is 1.16. The van der Waals surface area contributed by atoms with Crippen LogP contribution in [0.2, 0.25) is 0 Å². The van der Waals surface area contributed by atoms with E-state index in [-0.39, 0.29) is 11.4 Å². The lowest BCUT2D eigenvalue weighted by atomic mass is 10.4. The predicted octanol–water partition coefficient (Wildman–Crippen LogP) is -0.247. The van der Waals surface area contributed by atoms with Crippen LogP contribution < -0.4 is 10.6 Å². The van der Waals surface area contributed by atoms with Crippen molar-refractivity contribution >= 4 is 0 Å². The molecule has 3 N–H and O–H groups in total. The van der Waals surface area contributed by atoms with Gasteiger partial charge in [-0.05, 0) is 0 Å². The van der Waals surface area contributed by atoms with E-state index in [4.69, 9.17) is 16.1 Å². The number of nitrogens with zero attached hydrogens (tertiary/aromatic N) is 3. The van der Waals surface area contributed by atoms with E-state index >= 15 is 0 Å². The average Bonchev–Trinajstić information content (AvgIpc) is 2.46. The van der Waals surface area contributed by atoms with Crippen molar-refractivity contribution in [1.82, 2.24) is 10.6 Å². The van der Waals surface area contributed by atoms with Crippen LogP contribution in [0.3, 0.4) is 0 Å². The number of hydrogen-bond acceptors (Lipinski definition) is 6. The predicted molar refractivity (Wildman–Crippen MR) is 33.5 cm³/mol. The molecule has 0 unspecified atom stereocenters. The molecule has 6 nitrogen and oxygen atoms in total. The lowest BCUT2D eigenvalue weighted by Gasteiger charge is -2.01. The largest absolute Gasteiger partial charge is 0.335 e. The van der Waals surface area contributed by atoms with Crippen molar-refractivity contribution in [1.29, 1.82) is 16.1 Å². The van der Waals surface area contributed by atoms with Gasteiger partial charge in [-0.15, -0.1) is 5.11 Å². The molecule has 0 spiro atoms. The first-order chi connectivity index (χ1) is 5.31. The second-order valence-electron chi connectivity index (χ2n) is 1.79. The highest BCUT2D eigenvalue weighted by Gasteiger charge is 2.20. The molecule has 1 aliphatic rings. The van der Waals surface area contributed by atoms with E-state index in [1.165, 1.54) is 0 Å². The topological polar surface area (TPSA) is 108 Å². The van der Waals surface area contributed by atoms with Gasteiger partial charge in [-0.2, -0.15) is 10.5 Å². The van der Waals surface area contributed by atoms with Crippen LogP contribution in [0, 0.1) is 28.2 Å². The van der Waals surface area contributed by atoms with Crippen molar-refractivity contribution in [3.05, 3.63) is 11.4 Å². The van der Waals surface area contributed by atoms with E-state index in [0.29, 0.717) is 0 Å². The van der Waals surface area contributed by atoms with E-state index < -0.39 is 6.29 Å². The Labute approximate surface area is 62.6 Å². The van der Waals surface area contributed by atoms with E-state index in [1.54, 1.807) is 12.1 Å². The van der Waals surface area contributed by atoms with Crippen molar-refractivity contribution in [2.45, 2.75) is 6.29 Å². The monoisotopic (exact) mass is 148 g/mol. The molecular formula is C5H4N6. The van der Waals surface area contributed by atoms with Gasteiger partial charge < -0.3 is 10.6 Å². The Morgan fingerprint density at radius 3 is 2.00 bits per heavy atom. The Bertz CT molecular complexity index is 263. The third kappa shape index (κ3) is 1.10. The number of nitriles is 2. The smallest absolute Gasteiger partial charge is 0.214 e. The summed E-state index contributed by atoms with van der Waals surface area (Å²) in [6, 6.07) is 3.54. The lowest BCUT2D eigenvalue weighted by molar-refractivity contribution is 0.547. The zero-order valence-corrected chi connectivity index (χ0v) is 5.42. The minimum atomic E-state index is -0.667. The van der Waals surface area contributed by atoms with Crippen molar-refractivity contribution in [3.63, 3.8) is 0 Å². The van der Waals surface area contributed by atoms with Gasteiger partial charge in [0, 0.05) is 0 Å². The summed E-state index contributed by atoms with van der Waals surface area (Å²) < 4.78 is 0. The second kappa shape index (κ2) is 2.67. The molecule has 6 heteroatoms. The van der Waals surface area contributed by atoms with E-state index in [2.05, 4.69) is 15.7 Å². The summed E-state index contributed by atoms with van der Waals surface area (Å²) in [6.07, 6.45) is -0.667. The zero-order chi connectivity index (χ0) is 8.27. The summed E-state index contributed by atoms with van der Waals surface area (Å²) in [5, 5.41) is 24.9. The Kier molecular flexibility index (Phi) is 1.71.